The topological polar surface area (TPSA) is 50.9 Å². The zero-order valence-electron chi connectivity index (χ0n) is 8.35. The van der Waals surface area contributed by atoms with Gasteiger partial charge in [-0.1, -0.05) is 18.2 Å². The van der Waals surface area contributed by atoms with Gasteiger partial charge in [-0.05, 0) is 23.8 Å². The Balaban J connectivity index is 2.03. The first-order chi connectivity index (χ1) is 7.36. The van der Waals surface area contributed by atoms with E-state index in [2.05, 4.69) is 10.3 Å². The van der Waals surface area contributed by atoms with Gasteiger partial charge in [0.25, 0.3) is 0 Å². The number of aromatic nitrogens is 1. The Kier molecular flexibility index (Phi) is 2.83. The molecule has 1 aromatic carbocycles. The fourth-order valence-electron chi connectivity index (χ4n) is 1.36. The van der Waals surface area contributed by atoms with Crippen LogP contribution in [0.15, 0.2) is 48.8 Å². The molecular formula is C12H13N3. The number of para-hydroxylation sites is 1. The largest absolute Gasteiger partial charge is 0.398 e. The van der Waals surface area contributed by atoms with Crippen LogP contribution in [0.5, 0.6) is 0 Å². The predicted octanol–water partition coefficient (Wildman–Crippen LogP) is 2.28. The highest BCUT2D eigenvalue weighted by molar-refractivity contribution is 5.49. The molecule has 3 nitrogen and oxygen atoms in total. The van der Waals surface area contributed by atoms with E-state index in [1.54, 1.807) is 12.4 Å². The summed E-state index contributed by atoms with van der Waals surface area (Å²) in [7, 11) is 0. The lowest BCUT2D eigenvalue weighted by atomic mass is 10.2. The van der Waals surface area contributed by atoms with E-state index in [1.165, 1.54) is 0 Å². The smallest absolute Gasteiger partial charge is 0.0529 e. The molecule has 0 radical (unpaired) electrons. The molecular weight excluding hydrogens is 186 g/mol. The molecule has 3 N–H and O–H groups in total. The van der Waals surface area contributed by atoms with E-state index in [0.717, 1.165) is 23.5 Å². The zero-order chi connectivity index (χ0) is 10.5. The summed E-state index contributed by atoms with van der Waals surface area (Å²) in [4.78, 5) is 4.03. The van der Waals surface area contributed by atoms with Gasteiger partial charge in [0.05, 0.1) is 5.69 Å². The summed E-state index contributed by atoms with van der Waals surface area (Å²) in [5.74, 6) is 0. The molecule has 76 valence electrons. The summed E-state index contributed by atoms with van der Waals surface area (Å²) >= 11 is 0. The lowest BCUT2D eigenvalue weighted by molar-refractivity contribution is 1.14. The molecule has 0 aliphatic carbocycles. The fraction of sp³-hybridized carbons (Fsp3) is 0.0833. The standard InChI is InChI=1S/C12H13N3/c13-12-6-2-1-4-10(12)8-15-11-5-3-7-14-9-11/h1-7,9,15H,8,13H2. The van der Waals surface area contributed by atoms with Crippen molar-refractivity contribution in [3.05, 3.63) is 54.4 Å². The van der Waals surface area contributed by atoms with Crippen LogP contribution in [-0.4, -0.2) is 4.98 Å². The van der Waals surface area contributed by atoms with E-state index in [1.807, 2.05) is 36.4 Å². The van der Waals surface area contributed by atoms with Gasteiger partial charge in [0, 0.05) is 24.6 Å². The van der Waals surface area contributed by atoms with Gasteiger partial charge in [0.15, 0.2) is 0 Å². The van der Waals surface area contributed by atoms with E-state index in [4.69, 9.17) is 5.73 Å². The third-order valence-corrected chi connectivity index (χ3v) is 2.20. The highest BCUT2D eigenvalue weighted by atomic mass is 14.9. The van der Waals surface area contributed by atoms with Crippen LogP contribution < -0.4 is 11.1 Å². The van der Waals surface area contributed by atoms with Crippen LogP contribution in [0.3, 0.4) is 0 Å². The maximum absolute atomic E-state index is 5.83. The van der Waals surface area contributed by atoms with Gasteiger partial charge < -0.3 is 11.1 Å². The van der Waals surface area contributed by atoms with E-state index >= 15 is 0 Å². The third kappa shape index (κ3) is 2.47. The van der Waals surface area contributed by atoms with E-state index in [-0.39, 0.29) is 0 Å². The van der Waals surface area contributed by atoms with Crippen molar-refractivity contribution in [2.45, 2.75) is 6.54 Å². The average molecular weight is 199 g/mol. The van der Waals surface area contributed by atoms with E-state index < -0.39 is 0 Å². The summed E-state index contributed by atoms with van der Waals surface area (Å²) in [5.41, 5.74) is 8.74. The SMILES string of the molecule is Nc1ccccc1CNc1cccnc1. The number of pyridine rings is 1. The molecule has 15 heavy (non-hydrogen) atoms. The summed E-state index contributed by atoms with van der Waals surface area (Å²) in [6.07, 6.45) is 3.54. The van der Waals surface area contributed by atoms with E-state index in [0.29, 0.717) is 0 Å². The number of anilines is 2. The lowest BCUT2D eigenvalue weighted by Gasteiger charge is -2.07. The normalized spacial score (nSPS) is 9.87. The number of benzene rings is 1. The first-order valence-electron chi connectivity index (χ1n) is 4.83. The molecule has 0 saturated carbocycles. The Morgan fingerprint density at radius 1 is 1.13 bits per heavy atom. The quantitative estimate of drug-likeness (QED) is 0.745. The van der Waals surface area contributed by atoms with Crippen LogP contribution in [0.4, 0.5) is 11.4 Å². The number of nitrogen functional groups attached to an aromatic ring is 1. The molecule has 2 aromatic rings. The number of nitrogens with one attached hydrogen (secondary N) is 1. The molecule has 0 unspecified atom stereocenters. The summed E-state index contributed by atoms with van der Waals surface area (Å²) < 4.78 is 0. The molecule has 0 bridgehead atoms. The lowest BCUT2D eigenvalue weighted by Crippen LogP contribution is -2.02. The van der Waals surface area contributed by atoms with E-state index in [9.17, 15) is 0 Å². The van der Waals surface area contributed by atoms with Crippen molar-refractivity contribution in [2.24, 2.45) is 0 Å². The second kappa shape index (κ2) is 4.46. The number of nitrogens with two attached hydrogens (primary N) is 1. The number of rotatable bonds is 3. The summed E-state index contributed by atoms with van der Waals surface area (Å²) in [6, 6.07) is 11.7. The number of hydrogen-bond acceptors (Lipinski definition) is 3. The van der Waals surface area contributed by atoms with Crippen LogP contribution in [0, 0.1) is 0 Å². The molecule has 1 heterocycles. The first-order valence-corrected chi connectivity index (χ1v) is 4.83. The van der Waals surface area contributed by atoms with Crippen molar-refractivity contribution in [2.75, 3.05) is 11.1 Å². The molecule has 0 fully saturated rings. The highest BCUT2D eigenvalue weighted by Gasteiger charge is 1.96. The molecule has 0 atom stereocenters. The van der Waals surface area contributed by atoms with Gasteiger partial charge in [-0.2, -0.15) is 0 Å². The number of nitrogens with zero attached hydrogens (tertiary/aromatic N) is 1. The van der Waals surface area contributed by atoms with Crippen molar-refractivity contribution in [1.29, 1.82) is 0 Å². The van der Waals surface area contributed by atoms with Crippen LogP contribution in [0.25, 0.3) is 0 Å². The Morgan fingerprint density at radius 2 is 2.00 bits per heavy atom. The van der Waals surface area contributed by atoms with Crippen LogP contribution >= 0.6 is 0 Å². The van der Waals surface area contributed by atoms with Crippen molar-refractivity contribution < 1.29 is 0 Å². The summed E-state index contributed by atoms with van der Waals surface area (Å²) in [5, 5.41) is 3.26. The minimum atomic E-state index is 0.721. The van der Waals surface area contributed by atoms with Crippen LogP contribution in [0.1, 0.15) is 5.56 Å². The Hall–Kier alpha value is -2.03. The Labute approximate surface area is 89.0 Å². The maximum Gasteiger partial charge on any atom is 0.0529 e. The van der Waals surface area contributed by atoms with Crippen LogP contribution in [0.2, 0.25) is 0 Å². The van der Waals surface area contributed by atoms with Crippen molar-refractivity contribution in [3.63, 3.8) is 0 Å². The second-order valence-corrected chi connectivity index (χ2v) is 3.29. The summed E-state index contributed by atoms with van der Waals surface area (Å²) in [6.45, 7) is 0.721. The zero-order valence-corrected chi connectivity index (χ0v) is 8.35. The predicted molar refractivity (Wildman–Crippen MR) is 62.4 cm³/mol. The fourth-order valence-corrected chi connectivity index (χ4v) is 1.36. The molecule has 0 saturated heterocycles. The van der Waals surface area contributed by atoms with Gasteiger partial charge in [0.1, 0.15) is 0 Å². The second-order valence-electron chi connectivity index (χ2n) is 3.29. The maximum atomic E-state index is 5.83. The van der Waals surface area contributed by atoms with Gasteiger partial charge in [-0.15, -0.1) is 0 Å². The molecule has 0 aliphatic heterocycles. The molecule has 3 heteroatoms. The van der Waals surface area contributed by atoms with Gasteiger partial charge in [0.2, 0.25) is 0 Å². The third-order valence-electron chi connectivity index (χ3n) is 2.20. The Morgan fingerprint density at radius 3 is 2.73 bits per heavy atom. The van der Waals surface area contributed by atoms with Crippen molar-refractivity contribution in [1.82, 2.24) is 4.98 Å². The molecule has 2 rings (SSSR count). The van der Waals surface area contributed by atoms with Crippen molar-refractivity contribution in [3.8, 4) is 0 Å². The van der Waals surface area contributed by atoms with Gasteiger partial charge in [-0.25, -0.2) is 0 Å². The molecule has 0 amide bonds. The Bertz CT molecular complexity index is 426. The highest BCUT2D eigenvalue weighted by Crippen LogP contribution is 2.12. The number of hydrogen-bond donors (Lipinski definition) is 2. The van der Waals surface area contributed by atoms with Gasteiger partial charge in [-0.3, -0.25) is 4.98 Å². The van der Waals surface area contributed by atoms with Gasteiger partial charge >= 0.3 is 0 Å². The minimum absolute atomic E-state index is 0.721. The monoisotopic (exact) mass is 199 g/mol. The first kappa shape index (κ1) is 9.52. The van der Waals surface area contributed by atoms with Crippen LogP contribution in [-0.2, 0) is 6.54 Å². The molecule has 0 spiro atoms. The molecule has 0 aliphatic rings. The van der Waals surface area contributed by atoms with Crippen molar-refractivity contribution >= 4 is 11.4 Å². The average Bonchev–Trinajstić information content (AvgIpc) is 2.29. The minimum Gasteiger partial charge on any atom is -0.398 e. The molecule has 1 aromatic heterocycles.